The third kappa shape index (κ3) is 16.4. The SMILES string of the molecule is CCCCCCCCOC1C(CCC(C)CCCC(C)(O)CCCC(C)(O)CCCC(C)C(=O)[O-])CC(O)C(C)C1C. The first kappa shape index (κ1) is 39.3. The number of hydrogen-bond acceptors (Lipinski definition) is 6. The van der Waals surface area contributed by atoms with Crippen molar-refractivity contribution in [2.24, 2.45) is 29.6 Å². The highest BCUT2D eigenvalue weighted by molar-refractivity contribution is 5.66. The summed E-state index contributed by atoms with van der Waals surface area (Å²) in [7, 11) is 0. The van der Waals surface area contributed by atoms with Crippen molar-refractivity contribution < 1.29 is 30.0 Å². The lowest BCUT2D eigenvalue weighted by Gasteiger charge is -2.43. The monoisotopic (exact) mass is 598 g/mol. The van der Waals surface area contributed by atoms with Gasteiger partial charge in [-0.25, -0.2) is 0 Å². The molecule has 1 rings (SSSR count). The Kier molecular flexibility index (Phi) is 19.1. The van der Waals surface area contributed by atoms with Crippen LogP contribution in [0.3, 0.4) is 0 Å². The molecule has 1 aliphatic rings. The molecule has 6 heteroatoms. The summed E-state index contributed by atoms with van der Waals surface area (Å²) < 4.78 is 6.51. The molecule has 0 heterocycles. The zero-order valence-corrected chi connectivity index (χ0v) is 28.5. The Labute approximate surface area is 259 Å². The van der Waals surface area contributed by atoms with Crippen molar-refractivity contribution in [3.05, 3.63) is 0 Å². The molecule has 1 fully saturated rings. The van der Waals surface area contributed by atoms with Crippen LogP contribution in [-0.2, 0) is 9.53 Å². The third-order valence-corrected chi connectivity index (χ3v) is 10.4. The van der Waals surface area contributed by atoms with Crippen LogP contribution in [0.4, 0.5) is 0 Å². The number of carboxylic acids is 1. The van der Waals surface area contributed by atoms with Crippen molar-refractivity contribution in [3.63, 3.8) is 0 Å². The fourth-order valence-corrected chi connectivity index (χ4v) is 6.89. The fraction of sp³-hybridized carbons (Fsp3) is 0.972. The Morgan fingerprint density at radius 3 is 1.98 bits per heavy atom. The first-order valence-electron chi connectivity index (χ1n) is 17.6. The molecule has 0 aromatic rings. The first-order chi connectivity index (χ1) is 19.7. The Balaban J connectivity index is 2.37. The Hall–Kier alpha value is -0.690. The van der Waals surface area contributed by atoms with E-state index in [9.17, 15) is 25.2 Å². The summed E-state index contributed by atoms with van der Waals surface area (Å²) >= 11 is 0. The van der Waals surface area contributed by atoms with Gasteiger partial charge in [0.25, 0.3) is 0 Å². The highest BCUT2D eigenvalue weighted by Gasteiger charge is 2.40. The van der Waals surface area contributed by atoms with Crippen molar-refractivity contribution in [2.75, 3.05) is 6.61 Å². The molecule has 250 valence electrons. The van der Waals surface area contributed by atoms with Gasteiger partial charge in [-0.15, -0.1) is 0 Å². The molecule has 0 aliphatic heterocycles. The van der Waals surface area contributed by atoms with Gasteiger partial charge in [-0.1, -0.05) is 86.0 Å². The van der Waals surface area contributed by atoms with Gasteiger partial charge in [0.1, 0.15) is 0 Å². The van der Waals surface area contributed by atoms with E-state index in [0.717, 1.165) is 58.0 Å². The molecular weight excluding hydrogens is 528 g/mol. The van der Waals surface area contributed by atoms with E-state index in [1.54, 1.807) is 6.92 Å². The van der Waals surface area contributed by atoms with Crippen LogP contribution in [0.25, 0.3) is 0 Å². The van der Waals surface area contributed by atoms with Crippen molar-refractivity contribution >= 4 is 5.97 Å². The number of ether oxygens (including phenoxy) is 1. The molecule has 42 heavy (non-hydrogen) atoms. The lowest BCUT2D eigenvalue weighted by molar-refractivity contribution is -0.311. The predicted molar refractivity (Wildman–Crippen MR) is 171 cm³/mol. The quantitative estimate of drug-likeness (QED) is 0.102. The maximum atomic E-state index is 11.0. The van der Waals surface area contributed by atoms with Crippen molar-refractivity contribution in [1.82, 2.24) is 0 Å². The molecule has 0 radical (unpaired) electrons. The summed E-state index contributed by atoms with van der Waals surface area (Å²) in [5.74, 6) is 0.0988. The number of carboxylic acid groups (broad SMARTS) is 1. The Morgan fingerprint density at radius 2 is 1.38 bits per heavy atom. The van der Waals surface area contributed by atoms with Gasteiger partial charge < -0.3 is 30.0 Å². The molecule has 0 bridgehead atoms. The van der Waals surface area contributed by atoms with Crippen molar-refractivity contribution in [1.29, 1.82) is 0 Å². The van der Waals surface area contributed by atoms with Gasteiger partial charge >= 0.3 is 0 Å². The number of unbranched alkanes of at least 4 members (excludes halogenated alkanes) is 5. The van der Waals surface area contributed by atoms with E-state index in [2.05, 4.69) is 27.7 Å². The lowest BCUT2D eigenvalue weighted by Crippen LogP contribution is -2.45. The molecule has 0 aromatic carbocycles. The van der Waals surface area contributed by atoms with Gasteiger partial charge in [0.2, 0.25) is 0 Å². The minimum atomic E-state index is -1.03. The number of aliphatic hydroxyl groups excluding tert-OH is 1. The fourth-order valence-electron chi connectivity index (χ4n) is 6.89. The maximum absolute atomic E-state index is 11.0. The predicted octanol–water partition coefficient (Wildman–Crippen LogP) is 7.20. The van der Waals surface area contributed by atoms with Crippen LogP contribution in [0.15, 0.2) is 0 Å². The van der Waals surface area contributed by atoms with Crippen molar-refractivity contribution in [3.8, 4) is 0 Å². The van der Waals surface area contributed by atoms with Crippen LogP contribution in [-0.4, -0.2) is 51.3 Å². The minimum absolute atomic E-state index is 0.238. The number of carbonyl (C=O) groups is 1. The molecule has 0 saturated heterocycles. The molecule has 9 atom stereocenters. The molecular formula is C36H69O6-. The van der Waals surface area contributed by atoms with Crippen LogP contribution in [0.2, 0.25) is 0 Å². The number of carbonyl (C=O) groups excluding carboxylic acids is 1. The van der Waals surface area contributed by atoms with Gasteiger partial charge in [0, 0.05) is 12.6 Å². The number of hydrogen-bond donors (Lipinski definition) is 3. The molecule has 0 aromatic heterocycles. The average molecular weight is 598 g/mol. The average Bonchev–Trinajstić information content (AvgIpc) is 2.90. The zero-order valence-electron chi connectivity index (χ0n) is 28.5. The van der Waals surface area contributed by atoms with Crippen LogP contribution < -0.4 is 5.11 Å². The maximum Gasteiger partial charge on any atom is 0.0633 e. The van der Waals surface area contributed by atoms with E-state index in [1.165, 1.54) is 32.1 Å². The smallest absolute Gasteiger partial charge is 0.0633 e. The normalized spacial score (nSPS) is 27.2. The summed E-state index contributed by atoms with van der Waals surface area (Å²) in [4.78, 5) is 10.9. The van der Waals surface area contributed by atoms with Crippen LogP contribution in [0.5, 0.6) is 0 Å². The van der Waals surface area contributed by atoms with Crippen LogP contribution in [0.1, 0.15) is 164 Å². The summed E-state index contributed by atoms with van der Waals surface area (Å²) in [5, 5.41) is 43.2. The van der Waals surface area contributed by atoms with Crippen molar-refractivity contribution in [2.45, 2.75) is 187 Å². The molecule has 0 spiro atoms. The highest BCUT2D eigenvalue weighted by Crippen LogP contribution is 2.39. The van der Waals surface area contributed by atoms with E-state index >= 15 is 0 Å². The van der Waals surface area contributed by atoms with Crippen LogP contribution in [0, 0.1) is 29.6 Å². The lowest BCUT2D eigenvalue weighted by atomic mass is 9.70. The second kappa shape index (κ2) is 20.4. The largest absolute Gasteiger partial charge is 0.550 e. The summed E-state index contributed by atoms with van der Waals surface area (Å²) in [6.07, 6.45) is 17.2. The van der Waals surface area contributed by atoms with E-state index in [1.807, 2.05) is 13.8 Å². The Morgan fingerprint density at radius 1 is 0.833 bits per heavy atom. The summed E-state index contributed by atoms with van der Waals surface area (Å²) in [6.45, 7) is 15.2. The first-order valence-corrected chi connectivity index (χ1v) is 17.6. The topological polar surface area (TPSA) is 110 Å². The number of rotatable bonds is 24. The van der Waals surface area contributed by atoms with Gasteiger partial charge in [-0.2, -0.15) is 0 Å². The molecule has 1 aliphatic carbocycles. The summed E-state index contributed by atoms with van der Waals surface area (Å²) in [5.41, 5.74) is -1.58. The van der Waals surface area contributed by atoms with E-state index in [-0.39, 0.29) is 18.1 Å². The van der Waals surface area contributed by atoms with Gasteiger partial charge in [0.05, 0.1) is 23.4 Å². The minimum Gasteiger partial charge on any atom is -0.550 e. The van der Waals surface area contributed by atoms with E-state index in [0.29, 0.717) is 49.9 Å². The van der Waals surface area contributed by atoms with E-state index < -0.39 is 23.1 Å². The zero-order chi connectivity index (χ0) is 31.8. The second-order valence-electron chi connectivity index (χ2n) is 14.9. The van der Waals surface area contributed by atoms with Crippen LogP contribution >= 0.6 is 0 Å². The Bertz CT molecular complexity index is 707. The molecule has 3 N–H and O–H groups in total. The van der Waals surface area contributed by atoms with Gasteiger partial charge in [-0.3, -0.25) is 0 Å². The number of aliphatic hydroxyl groups is 3. The van der Waals surface area contributed by atoms with Gasteiger partial charge in [-0.05, 0) is 108 Å². The standard InChI is InChI=1S/C36H70O6/c1-8-9-10-11-12-13-25-42-33-30(5)29(4)32(37)26-31(33)20-19-27(2)17-14-21-35(6,40)23-16-24-36(7,41)22-15-18-28(3)34(38)39/h27-33,37,40-41H,8-26H2,1-7H3,(H,38,39)/p-1. The second-order valence-corrected chi connectivity index (χ2v) is 14.9. The number of aliphatic carboxylic acids is 1. The molecule has 9 unspecified atom stereocenters. The highest BCUT2D eigenvalue weighted by atomic mass is 16.5. The molecule has 0 amide bonds. The van der Waals surface area contributed by atoms with E-state index in [4.69, 9.17) is 4.74 Å². The summed E-state index contributed by atoms with van der Waals surface area (Å²) in [6, 6.07) is 0. The molecule has 1 saturated carbocycles. The third-order valence-electron chi connectivity index (χ3n) is 10.4. The van der Waals surface area contributed by atoms with Gasteiger partial charge in [0.15, 0.2) is 0 Å². The molecule has 6 nitrogen and oxygen atoms in total.